The highest BCUT2D eigenvalue weighted by Gasteiger charge is 2.43. The predicted octanol–water partition coefficient (Wildman–Crippen LogP) is 3.08. The lowest BCUT2D eigenvalue weighted by atomic mass is 10.2. The van der Waals surface area contributed by atoms with Crippen molar-refractivity contribution >= 4 is 17.3 Å². The van der Waals surface area contributed by atoms with Gasteiger partial charge in [-0.05, 0) is 12.1 Å². The third-order valence-electron chi connectivity index (χ3n) is 2.07. The molecule has 0 aromatic heterocycles. The molecule has 0 amide bonds. The molecule has 1 aliphatic heterocycles. The van der Waals surface area contributed by atoms with Gasteiger partial charge in [0.1, 0.15) is 0 Å². The monoisotopic (exact) mass is 237 g/mol. The number of rotatable bonds is 0. The quantitative estimate of drug-likeness (QED) is 0.749. The first-order valence-corrected chi connectivity index (χ1v) is 4.62. The fourth-order valence-corrected chi connectivity index (χ4v) is 1.56. The van der Waals surface area contributed by atoms with Crippen molar-refractivity contribution in [1.82, 2.24) is 0 Å². The number of ether oxygens (including phenoxy) is 1. The third-order valence-corrected chi connectivity index (χ3v) is 2.37. The Morgan fingerprint density at radius 3 is 2.80 bits per heavy atom. The number of hydrogen-bond acceptors (Lipinski definition) is 2. The Kier molecular flexibility index (Phi) is 2.42. The van der Waals surface area contributed by atoms with E-state index in [9.17, 15) is 13.2 Å². The summed E-state index contributed by atoms with van der Waals surface area (Å²) in [5.41, 5.74) is 0.489. The molecule has 1 atom stereocenters. The van der Waals surface area contributed by atoms with E-state index in [1.807, 2.05) is 0 Å². The number of benzene rings is 1. The highest BCUT2D eigenvalue weighted by atomic mass is 35.5. The summed E-state index contributed by atoms with van der Waals surface area (Å²) in [6.45, 7) is -0.295. The van der Waals surface area contributed by atoms with E-state index in [2.05, 4.69) is 5.32 Å². The second kappa shape index (κ2) is 3.48. The van der Waals surface area contributed by atoms with Crippen LogP contribution in [0.5, 0.6) is 5.75 Å². The summed E-state index contributed by atoms with van der Waals surface area (Å²) in [6, 6.07) is 4.75. The van der Waals surface area contributed by atoms with Gasteiger partial charge >= 0.3 is 6.18 Å². The van der Waals surface area contributed by atoms with Crippen LogP contribution in [0.15, 0.2) is 18.2 Å². The Morgan fingerprint density at radius 2 is 2.13 bits per heavy atom. The van der Waals surface area contributed by atoms with E-state index in [1.165, 1.54) is 6.07 Å². The minimum atomic E-state index is -4.39. The molecule has 1 unspecified atom stereocenters. The summed E-state index contributed by atoms with van der Waals surface area (Å²) in [5.74, 6) is 0.0627. The van der Waals surface area contributed by atoms with Crippen molar-refractivity contribution < 1.29 is 17.9 Å². The van der Waals surface area contributed by atoms with Gasteiger partial charge in [-0.25, -0.2) is 0 Å². The molecular weight excluding hydrogens is 231 g/mol. The summed E-state index contributed by atoms with van der Waals surface area (Å²) in [5, 5.41) is 2.81. The van der Waals surface area contributed by atoms with Crippen LogP contribution in [0.2, 0.25) is 5.02 Å². The number of hydrogen-bond donors (Lipinski definition) is 1. The smallest absolute Gasteiger partial charge is 0.427 e. The molecular formula is C9H7ClF3NO. The Morgan fingerprint density at radius 1 is 1.40 bits per heavy atom. The Bertz CT molecular complexity index is 380. The number of fused-ring (bicyclic) bond motifs is 1. The predicted molar refractivity (Wildman–Crippen MR) is 50.4 cm³/mol. The first-order valence-electron chi connectivity index (χ1n) is 4.24. The normalized spacial score (nSPS) is 20.1. The molecule has 0 fully saturated rings. The van der Waals surface area contributed by atoms with Gasteiger partial charge in [0.2, 0.25) is 6.10 Å². The molecule has 2 nitrogen and oxygen atoms in total. The summed E-state index contributed by atoms with van der Waals surface area (Å²) in [6.07, 6.45) is -6.23. The van der Waals surface area contributed by atoms with Crippen LogP contribution in [-0.2, 0) is 0 Å². The molecule has 1 aromatic rings. The average Bonchev–Trinajstić information content (AvgIpc) is 2.16. The molecule has 1 aromatic carbocycles. The fraction of sp³-hybridized carbons (Fsp3) is 0.333. The molecule has 15 heavy (non-hydrogen) atoms. The standard InChI is InChI=1S/C9H7ClF3NO/c10-5-2-1-3-6-8(5)15-7(4-14-6)9(11,12)13/h1-3,7,14H,4H2. The van der Waals surface area contributed by atoms with E-state index < -0.39 is 12.3 Å². The van der Waals surface area contributed by atoms with E-state index in [-0.39, 0.29) is 17.3 Å². The van der Waals surface area contributed by atoms with E-state index >= 15 is 0 Å². The van der Waals surface area contributed by atoms with Crippen molar-refractivity contribution in [2.45, 2.75) is 12.3 Å². The molecule has 0 spiro atoms. The molecule has 0 saturated heterocycles. The Labute approximate surface area is 89.0 Å². The molecule has 1 aliphatic rings. The summed E-state index contributed by atoms with van der Waals surface area (Å²) in [4.78, 5) is 0. The SMILES string of the molecule is FC(F)(F)C1CNc2cccc(Cl)c2O1. The van der Waals surface area contributed by atoms with Crippen LogP contribution < -0.4 is 10.1 Å². The first-order chi connectivity index (χ1) is 6.98. The summed E-state index contributed by atoms with van der Waals surface area (Å²) in [7, 11) is 0. The van der Waals surface area contributed by atoms with Gasteiger partial charge in [-0.15, -0.1) is 0 Å². The van der Waals surface area contributed by atoms with Crippen LogP contribution in [0.1, 0.15) is 0 Å². The van der Waals surface area contributed by atoms with Crippen LogP contribution >= 0.6 is 11.6 Å². The van der Waals surface area contributed by atoms with E-state index in [1.54, 1.807) is 12.1 Å². The molecule has 0 bridgehead atoms. The van der Waals surface area contributed by atoms with Gasteiger partial charge in [-0.3, -0.25) is 0 Å². The molecule has 0 aliphatic carbocycles. The summed E-state index contributed by atoms with van der Waals surface area (Å²) >= 11 is 5.73. The maximum atomic E-state index is 12.4. The summed E-state index contributed by atoms with van der Waals surface area (Å²) < 4.78 is 41.9. The highest BCUT2D eigenvalue weighted by Crippen LogP contribution is 2.39. The van der Waals surface area contributed by atoms with Crippen LogP contribution in [0.3, 0.4) is 0 Å². The van der Waals surface area contributed by atoms with Crippen LogP contribution in [0.4, 0.5) is 18.9 Å². The van der Waals surface area contributed by atoms with Gasteiger partial charge < -0.3 is 10.1 Å². The molecule has 82 valence electrons. The number of para-hydroxylation sites is 1. The number of halogens is 4. The molecule has 1 heterocycles. The lowest BCUT2D eigenvalue weighted by molar-refractivity contribution is -0.191. The minimum absolute atomic E-state index is 0.0627. The van der Waals surface area contributed by atoms with E-state index in [0.717, 1.165) is 0 Å². The van der Waals surface area contributed by atoms with Crippen molar-refractivity contribution in [2.75, 3.05) is 11.9 Å². The van der Waals surface area contributed by atoms with E-state index in [0.29, 0.717) is 5.69 Å². The second-order valence-corrected chi connectivity index (χ2v) is 3.55. The van der Waals surface area contributed by atoms with Gasteiger partial charge in [0.05, 0.1) is 17.3 Å². The lowest BCUT2D eigenvalue weighted by Crippen LogP contribution is -2.42. The zero-order valence-electron chi connectivity index (χ0n) is 7.44. The largest absolute Gasteiger partial charge is 0.475 e. The molecule has 0 saturated carbocycles. The van der Waals surface area contributed by atoms with Crippen molar-refractivity contribution in [3.63, 3.8) is 0 Å². The van der Waals surface area contributed by atoms with Gasteiger partial charge in [-0.2, -0.15) is 13.2 Å². The Balaban J connectivity index is 2.30. The topological polar surface area (TPSA) is 21.3 Å². The molecule has 2 rings (SSSR count). The van der Waals surface area contributed by atoms with E-state index in [4.69, 9.17) is 16.3 Å². The van der Waals surface area contributed by atoms with Crippen LogP contribution in [-0.4, -0.2) is 18.8 Å². The van der Waals surface area contributed by atoms with Crippen molar-refractivity contribution in [1.29, 1.82) is 0 Å². The maximum Gasteiger partial charge on any atom is 0.427 e. The van der Waals surface area contributed by atoms with Gasteiger partial charge in [-0.1, -0.05) is 17.7 Å². The molecule has 0 radical (unpaired) electrons. The number of anilines is 1. The fourth-order valence-electron chi connectivity index (χ4n) is 1.34. The van der Waals surface area contributed by atoms with Gasteiger partial charge in [0.25, 0.3) is 0 Å². The first kappa shape index (κ1) is 10.4. The maximum absolute atomic E-state index is 12.4. The van der Waals surface area contributed by atoms with Crippen LogP contribution in [0.25, 0.3) is 0 Å². The van der Waals surface area contributed by atoms with Crippen molar-refractivity contribution in [2.24, 2.45) is 0 Å². The minimum Gasteiger partial charge on any atom is -0.475 e. The van der Waals surface area contributed by atoms with Crippen molar-refractivity contribution in [3.8, 4) is 5.75 Å². The highest BCUT2D eigenvalue weighted by molar-refractivity contribution is 6.32. The molecule has 1 N–H and O–H groups in total. The second-order valence-electron chi connectivity index (χ2n) is 3.15. The van der Waals surface area contributed by atoms with Crippen LogP contribution in [0, 0.1) is 0 Å². The zero-order valence-corrected chi connectivity index (χ0v) is 8.19. The molecule has 6 heteroatoms. The average molecular weight is 238 g/mol. The van der Waals surface area contributed by atoms with Gasteiger partial charge in [0, 0.05) is 0 Å². The Hall–Kier alpha value is -1.10. The van der Waals surface area contributed by atoms with Gasteiger partial charge in [0.15, 0.2) is 5.75 Å². The third kappa shape index (κ3) is 1.97. The number of alkyl halides is 3. The zero-order chi connectivity index (χ0) is 11.1. The number of nitrogens with one attached hydrogen (secondary N) is 1. The lowest BCUT2D eigenvalue weighted by Gasteiger charge is -2.29. The van der Waals surface area contributed by atoms with Crippen molar-refractivity contribution in [3.05, 3.63) is 23.2 Å².